The Hall–Kier alpha value is -3.37. The lowest BCUT2D eigenvalue weighted by molar-refractivity contribution is 0.0383. The van der Waals surface area contributed by atoms with E-state index in [1.807, 2.05) is 57.2 Å². The average molecular weight is 495 g/mol. The zero-order chi connectivity index (χ0) is 24.8. The summed E-state index contributed by atoms with van der Waals surface area (Å²) in [5, 5.41) is 3.75. The minimum Gasteiger partial charge on any atom is -0.459 e. The smallest absolute Gasteiger partial charge is 0.350 e. The van der Waals surface area contributed by atoms with E-state index in [0.717, 1.165) is 44.1 Å². The van der Waals surface area contributed by atoms with E-state index in [4.69, 9.17) is 4.74 Å². The molecule has 0 unspecified atom stereocenters. The van der Waals surface area contributed by atoms with Crippen LogP contribution in [0.1, 0.15) is 46.1 Å². The molecule has 3 heterocycles. The average Bonchev–Trinajstić information content (AvgIpc) is 3.31. The van der Waals surface area contributed by atoms with E-state index >= 15 is 0 Å². The van der Waals surface area contributed by atoms with Gasteiger partial charge in [0.1, 0.15) is 22.3 Å². The number of rotatable bonds is 9. The van der Waals surface area contributed by atoms with Gasteiger partial charge in [-0.15, -0.1) is 0 Å². The maximum atomic E-state index is 12.4. The Balaban J connectivity index is 1.32. The van der Waals surface area contributed by atoms with Crippen LogP contribution in [0.3, 0.4) is 0 Å². The van der Waals surface area contributed by atoms with Gasteiger partial charge in [0.2, 0.25) is 0 Å². The van der Waals surface area contributed by atoms with Crippen molar-refractivity contribution in [2.75, 3.05) is 42.9 Å². The lowest BCUT2D eigenvalue weighted by Gasteiger charge is -2.35. The van der Waals surface area contributed by atoms with Crippen LogP contribution in [0.2, 0.25) is 0 Å². The zero-order valence-corrected chi connectivity index (χ0v) is 21.0. The number of nitrogens with one attached hydrogen (secondary N) is 1. The Morgan fingerprint density at radius 1 is 1.11 bits per heavy atom. The van der Waals surface area contributed by atoms with Crippen LogP contribution in [-0.2, 0) is 4.74 Å². The third-order valence-corrected chi connectivity index (χ3v) is 6.45. The van der Waals surface area contributed by atoms with Gasteiger partial charge in [-0.05, 0) is 20.8 Å². The molecule has 184 valence electrons. The SMILES string of the molecule is Cc1nc(Nc2ncc(C(=O)OC(C)C)s2)cc(N2CCN(CCC(=O)c3ccccc3)CC2)n1. The summed E-state index contributed by atoms with van der Waals surface area (Å²) in [5.74, 6) is 1.92. The van der Waals surface area contributed by atoms with Gasteiger partial charge in [0, 0.05) is 50.8 Å². The molecule has 0 amide bonds. The number of hydrogen-bond donors (Lipinski definition) is 1. The fourth-order valence-electron chi connectivity index (χ4n) is 3.81. The predicted octanol–water partition coefficient (Wildman–Crippen LogP) is 3.95. The highest BCUT2D eigenvalue weighted by Crippen LogP contribution is 2.25. The number of benzene rings is 1. The largest absolute Gasteiger partial charge is 0.459 e. The van der Waals surface area contributed by atoms with Gasteiger partial charge in [-0.1, -0.05) is 41.7 Å². The monoisotopic (exact) mass is 494 g/mol. The van der Waals surface area contributed by atoms with Crippen molar-refractivity contribution in [2.45, 2.75) is 33.3 Å². The van der Waals surface area contributed by atoms with Gasteiger partial charge in [0.15, 0.2) is 10.9 Å². The van der Waals surface area contributed by atoms with E-state index in [-0.39, 0.29) is 17.9 Å². The molecule has 0 aliphatic carbocycles. The molecule has 0 radical (unpaired) electrons. The van der Waals surface area contributed by atoms with Crippen LogP contribution in [0.15, 0.2) is 42.6 Å². The van der Waals surface area contributed by atoms with Crippen LogP contribution < -0.4 is 10.2 Å². The quantitative estimate of drug-likeness (QED) is 0.350. The first-order valence-corrected chi connectivity index (χ1v) is 12.5. The Morgan fingerprint density at radius 2 is 1.86 bits per heavy atom. The number of carbonyl (C=O) groups is 2. The molecule has 3 aromatic rings. The van der Waals surface area contributed by atoms with Crippen molar-refractivity contribution in [2.24, 2.45) is 0 Å². The molecule has 1 fully saturated rings. The molecule has 0 spiro atoms. The maximum Gasteiger partial charge on any atom is 0.350 e. The Kier molecular flexibility index (Phi) is 8.04. The molecule has 10 heteroatoms. The summed E-state index contributed by atoms with van der Waals surface area (Å²) in [4.78, 5) is 42.8. The van der Waals surface area contributed by atoms with E-state index in [1.54, 1.807) is 0 Å². The number of hydrogen-bond acceptors (Lipinski definition) is 10. The molecule has 2 aromatic heterocycles. The lowest BCUT2D eigenvalue weighted by Crippen LogP contribution is -2.47. The van der Waals surface area contributed by atoms with Crippen LogP contribution in [0.4, 0.5) is 16.8 Å². The second-order valence-electron chi connectivity index (χ2n) is 8.64. The highest BCUT2D eigenvalue weighted by molar-refractivity contribution is 7.17. The summed E-state index contributed by atoms with van der Waals surface area (Å²) in [7, 11) is 0. The van der Waals surface area contributed by atoms with Gasteiger partial charge in [0.05, 0.1) is 12.3 Å². The fourth-order valence-corrected chi connectivity index (χ4v) is 4.52. The minimum atomic E-state index is -0.381. The number of nitrogens with zero attached hydrogens (tertiary/aromatic N) is 5. The number of carbonyl (C=O) groups excluding carboxylic acids is 2. The number of thiazole rings is 1. The summed E-state index contributed by atoms with van der Waals surface area (Å²) in [6.45, 7) is 9.59. The summed E-state index contributed by atoms with van der Waals surface area (Å²) in [6.07, 6.45) is 1.84. The van der Waals surface area contributed by atoms with Gasteiger partial charge >= 0.3 is 5.97 Å². The minimum absolute atomic E-state index is 0.179. The standard InChI is InChI=1S/C25H30N6O3S/c1-17(2)34-24(33)21-16-26-25(35-21)29-22-15-23(28-18(3)27-22)31-13-11-30(12-14-31)10-9-20(32)19-7-5-4-6-8-19/h4-8,15-17H,9-14H2,1-3H3,(H,26,27,28,29). The molecule has 0 saturated carbocycles. The molecular weight excluding hydrogens is 464 g/mol. The Labute approximate surface area is 209 Å². The van der Waals surface area contributed by atoms with Crippen molar-refractivity contribution < 1.29 is 14.3 Å². The first kappa shape index (κ1) is 24.7. The molecule has 0 atom stereocenters. The van der Waals surface area contributed by atoms with Gasteiger partial charge in [0.25, 0.3) is 0 Å². The van der Waals surface area contributed by atoms with Gasteiger partial charge in [-0.3, -0.25) is 9.69 Å². The number of Topliss-reactive ketones (excluding diaryl/α,β-unsaturated/α-hetero) is 1. The predicted molar refractivity (Wildman–Crippen MR) is 137 cm³/mol. The van der Waals surface area contributed by atoms with Crippen molar-refractivity contribution in [3.63, 3.8) is 0 Å². The third-order valence-electron chi connectivity index (χ3n) is 5.56. The van der Waals surface area contributed by atoms with Crippen LogP contribution in [0.5, 0.6) is 0 Å². The van der Waals surface area contributed by atoms with E-state index in [1.165, 1.54) is 17.5 Å². The normalized spacial score (nSPS) is 14.2. The fraction of sp³-hybridized carbons (Fsp3) is 0.400. The highest BCUT2D eigenvalue weighted by Gasteiger charge is 2.20. The first-order valence-electron chi connectivity index (χ1n) is 11.7. The summed E-state index contributed by atoms with van der Waals surface area (Å²) in [6, 6.07) is 11.3. The maximum absolute atomic E-state index is 12.4. The van der Waals surface area contributed by atoms with Crippen molar-refractivity contribution >= 4 is 39.9 Å². The number of aryl methyl sites for hydroxylation is 1. The number of anilines is 3. The van der Waals surface area contributed by atoms with Gasteiger partial charge in [-0.2, -0.15) is 0 Å². The number of piperazine rings is 1. The molecule has 1 aliphatic rings. The van der Waals surface area contributed by atoms with Crippen LogP contribution in [0, 0.1) is 6.92 Å². The van der Waals surface area contributed by atoms with E-state index in [2.05, 4.69) is 30.1 Å². The second kappa shape index (κ2) is 11.4. The summed E-state index contributed by atoms with van der Waals surface area (Å²) >= 11 is 1.23. The van der Waals surface area contributed by atoms with Gasteiger partial charge in [-0.25, -0.2) is 19.7 Å². The molecule has 1 saturated heterocycles. The topological polar surface area (TPSA) is 101 Å². The molecule has 0 bridgehead atoms. The Morgan fingerprint density at radius 3 is 2.57 bits per heavy atom. The summed E-state index contributed by atoms with van der Waals surface area (Å²) < 4.78 is 5.23. The third kappa shape index (κ3) is 6.83. The van der Waals surface area contributed by atoms with Crippen molar-refractivity contribution in [1.29, 1.82) is 0 Å². The molecule has 1 aliphatic heterocycles. The molecule has 1 aromatic carbocycles. The Bertz CT molecular complexity index is 1160. The van der Waals surface area contributed by atoms with Crippen LogP contribution in [-0.4, -0.2) is 70.4 Å². The highest BCUT2D eigenvalue weighted by atomic mass is 32.1. The number of aromatic nitrogens is 3. The number of ether oxygens (including phenoxy) is 1. The van der Waals surface area contributed by atoms with E-state index in [0.29, 0.717) is 28.1 Å². The second-order valence-corrected chi connectivity index (χ2v) is 9.67. The molecule has 9 nitrogen and oxygen atoms in total. The summed E-state index contributed by atoms with van der Waals surface area (Å²) in [5.41, 5.74) is 0.770. The lowest BCUT2D eigenvalue weighted by atomic mass is 10.1. The van der Waals surface area contributed by atoms with Crippen molar-refractivity contribution in [3.05, 3.63) is 58.9 Å². The first-order chi connectivity index (χ1) is 16.9. The molecule has 1 N–H and O–H groups in total. The van der Waals surface area contributed by atoms with Crippen molar-refractivity contribution in [3.8, 4) is 0 Å². The van der Waals surface area contributed by atoms with E-state index < -0.39 is 0 Å². The molecular formula is C25H30N6O3S. The number of esters is 1. The molecule has 35 heavy (non-hydrogen) atoms. The van der Waals surface area contributed by atoms with Crippen LogP contribution >= 0.6 is 11.3 Å². The number of ketones is 1. The zero-order valence-electron chi connectivity index (χ0n) is 20.2. The van der Waals surface area contributed by atoms with Crippen molar-refractivity contribution in [1.82, 2.24) is 19.9 Å². The molecule has 4 rings (SSSR count). The van der Waals surface area contributed by atoms with Crippen LogP contribution in [0.25, 0.3) is 0 Å². The van der Waals surface area contributed by atoms with E-state index in [9.17, 15) is 9.59 Å². The van der Waals surface area contributed by atoms with Gasteiger partial charge < -0.3 is 15.0 Å².